The summed E-state index contributed by atoms with van der Waals surface area (Å²) in [6.45, 7) is -0.168. The van der Waals surface area contributed by atoms with Gasteiger partial charge in [-0.2, -0.15) is 0 Å². The van der Waals surface area contributed by atoms with Crippen LogP contribution in [0.2, 0.25) is 5.02 Å². The van der Waals surface area contributed by atoms with E-state index < -0.39 is 21.7 Å². The third-order valence-corrected chi connectivity index (χ3v) is 5.45. The Hall–Kier alpha value is -1.68. The fourth-order valence-corrected chi connectivity index (χ4v) is 3.52. The fourth-order valence-electron chi connectivity index (χ4n) is 1.58. The predicted octanol–water partition coefficient (Wildman–Crippen LogP) is 1.88. The molecule has 23 heavy (non-hydrogen) atoms. The molecule has 10 heteroatoms. The molecule has 0 saturated heterocycles. The molecule has 124 valence electrons. The number of rotatable bonds is 6. The zero-order chi connectivity index (χ0) is 17.0. The number of benzene rings is 1. The van der Waals surface area contributed by atoms with Crippen molar-refractivity contribution in [1.82, 2.24) is 5.32 Å². The average Bonchev–Trinajstić information content (AvgIpc) is 2.93. The topological polar surface area (TPSA) is 98.5 Å². The van der Waals surface area contributed by atoms with Crippen molar-refractivity contribution in [2.45, 2.75) is 10.8 Å². The van der Waals surface area contributed by atoms with Crippen LogP contribution in [-0.4, -0.2) is 20.9 Å². The van der Waals surface area contributed by atoms with E-state index >= 15 is 0 Å². The molecule has 1 amide bonds. The van der Waals surface area contributed by atoms with Gasteiger partial charge in [0.15, 0.2) is 6.61 Å². The number of primary sulfonamides is 1. The van der Waals surface area contributed by atoms with E-state index in [0.717, 1.165) is 17.4 Å². The lowest BCUT2D eigenvalue weighted by molar-refractivity contribution is -0.123. The van der Waals surface area contributed by atoms with Crippen LogP contribution in [0.25, 0.3) is 0 Å². The second-order valence-electron chi connectivity index (χ2n) is 4.41. The normalized spacial score (nSPS) is 11.3. The minimum absolute atomic E-state index is 0.0242. The van der Waals surface area contributed by atoms with E-state index in [0.29, 0.717) is 4.88 Å². The molecule has 2 aromatic rings. The van der Waals surface area contributed by atoms with Crippen molar-refractivity contribution < 1.29 is 22.3 Å². The van der Waals surface area contributed by atoms with E-state index in [-0.39, 0.29) is 28.1 Å². The molecule has 0 aliphatic rings. The first-order valence-corrected chi connectivity index (χ1v) is 8.96. The highest BCUT2D eigenvalue weighted by atomic mass is 35.5. The highest BCUT2D eigenvalue weighted by Crippen LogP contribution is 2.24. The third-order valence-electron chi connectivity index (χ3n) is 2.63. The Morgan fingerprint density at radius 2 is 2.09 bits per heavy atom. The summed E-state index contributed by atoms with van der Waals surface area (Å²) in [6.07, 6.45) is 0. The van der Waals surface area contributed by atoms with Crippen molar-refractivity contribution >= 4 is 38.9 Å². The van der Waals surface area contributed by atoms with Gasteiger partial charge in [-0.15, -0.1) is 11.3 Å². The minimum atomic E-state index is -3.74. The van der Waals surface area contributed by atoms with Gasteiger partial charge in [0.25, 0.3) is 5.91 Å². The van der Waals surface area contributed by atoms with Crippen molar-refractivity contribution in [3.05, 3.63) is 46.0 Å². The number of carbonyl (C=O) groups is 1. The van der Waals surface area contributed by atoms with Crippen LogP contribution in [-0.2, 0) is 21.4 Å². The number of thiophene rings is 1. The molecule has 0 fully saturated rings. The number of sulfonamides is 1. The van der Waals surface area contributed by atoms with Crippen molar-refractivity contribution in [2.75, 3.05) is 6.61 Å². The molecular formula is C13H12ClFN2O4S2. The van der Waals surface area contributed by atoms with Gasteiger partial charge in [-0.1, -0.05) is 11.6 Å². The number of nitrogens with two attached hydrogens (primary N) is 1. The molecule has 6 nitrogen and oxygen atoms in total. The maximum absolute atomic E-state index is 12.9. The van der Waals surface area contributed by atoms with E-state index in [9.17, 15) is 17.6 Å². The van der Waals surface area contributed by atoms with E-state index in [4.69, 9.17) is 21.5 Å². The highest BCUT2D eigenvalue weighted by Gasteiger charge is 2.12. The van der Waals surface area contributed by atoms with Gasteiger partial charge in [0.2, 0.25) is 10.0 Å². The summed E-state index contributed by atoms with van der Waals surface area (Å²) in [7, 11) is -3.74. The second-order valence-corrected chi connectivity index (χ2v) is 7.77. The Bertz CT molecular complexity index is 823. The largest absolute Gasteiger partial charge is 0.482 e. The van der Waals surface area contributed by atoms with Crippen LogP contribution in [0.3, 0.4) is 0 Å². The summed E-state index contributed by atoms with van der Waals surface area (Å²) in [6, 6.07) is 6.50. The van der Waals surface area contributed by atoms with Crippen LogP contribution < -0.4 is 15.2 Å². The number of ether oxygens (including phenoxy) is 1. The molecule has 0 radical (unpaired) electrons. The fraction of sp³-hybridized carbons (Fsp3) is 0.154. The first-order valence-electron chi connectivity index (χ1n) is 6.22. The number of hydrogen-bond acceptors (Lipinski definition) is 5. The number of amides is 1. The molecular weight excluding hydrogens is 367 g/mol. The van der Waals surface area contributed by atoms with Crippen LogP contribution >= 0.6 is 22.9 Å². The molecule has 1 heterocycles. The van der Waals surface area contributed by atoms with Crippen LogP contribution in [0.4, 0.5) is 4.39 Å². The molecule has 0 aliphatic carbocycles. The molecule has 2 rings (SSSR count). The molecule has 0 atom stereocenters. The summed E-state index contributed by atoms with van der Waals surface area (Å²) >= 11 is 6.74. The Kier molecular flexibility index (Phi) is 5.58. The molecule has 0 bridgehead atoms. The maximum Gasteiger partial charge on any atom is 0.258 e. The summed E-state index contributed by atoms with van der Waals surface area (Å²) in [4.78, 5) is 12.3. The third kappa shape index (κ3) is 5.17. The van der Waals surface area contributed by atoms with Gasteiger partial charge in [-0.3, -0.25) is 4.79 Å². The number of halogens is 2. The molecule has 0 unspecified atom stereocenters. The smallest absolute Gasteiger partial charge is 0.258 e. The molecule has 0 aliphatic heterocycles. The highest BCUT2D eigenvalue weighted by molar-refractivity contribution is 7.91. The lowest BCUT2D eigenvalue weighted by Gasteiger charge is -2.08. The summed E-state index contributed by atoms with van der Waals surface area (Å²) < 4.78 is 40.4. The molecule has 1 aromatic carbocycles. The van der Waals surface area contributed by atoms with Crippen molar-refractivity contribution in [2.24, 2.45) is 5.14 Å². The molecule has 0 saturated carbocycles. The van der Waals surface area contributed by atoms with E-state index in [1.165, 1.54) is 18.2 Å². The van der Waals surface area contributed by atoms with Crippen LogP contribution in [0.5, 0.6) is 5.75 Å². The first-order chi connectivity index (χ1) is 10.8. The van der Waals surface area contributed by atoms with Crippen molar-refractivity contribution in [1.29, 1.82) is 0 Å². The van der Waals surface area contributed by atoms with Gasteiger partial charge >= 0.3 is 0 Å². The molecule has 1 aromatic heterocycles. The Labute approximate surface area is 141 Å². The van der Waals surface area contributed by atoms with Gasteiger partial charge in [0.05, 0.1) is 11.6 Å². The Morgan fingerprint density at radius 1 is 1.35 bits per heavy atom. The summed E-state index contributed by atoms with van der Waals surface area (Å²) in [5, 5.41) is 7.62. The summed E-state index contributed by atoms with van der Waals surface area (Å²) in [5.74, 6) is -0.748. The summed E-state index contributed by atoms with van der Waals surface area (Å²) in [5.41, 5.74) is 0. The van der Waals surface area contributed by atoms with Gasteiger partial charge in [0.1, 0.15) is 15.8 Å². The quantitative estimate of drug-likeness (QED) is 0.801. The SMILES string of the molecule is NS(=O)(=O)c1ccc(CNC(=O)COc2ccc(F)cc2Cl)s1. The minimum Gasteiger partial charge on any atom is -0.482 e. The zero-order valence-electron chi connectivity index (χ0n) is 11.6. The van der Waals surface area contributed by atoms with Gasteiger partial charge in [-0.05, 0) is 30.3 Å². The van der Waals surface area contributed by atoms with Gasteiger partial charge in [0, 0.05) is 4.88 Å². The lowest BCUT2D eigenvalue weighted by Crippen LogP contribution is -2.28. The van der Waals surface area contributed by atoms with Gasteiger partial charge < -0.3 is 10.1 Å². The van der Waals surface area contributed by atoms with Crippen LogP contribution in [0, 0.1) is 5.82 Å². The Balaban J connectivity index is 1.84. The molecule has 3 N–H and O–H groups in total. The first kappa shape index (κ1) is 17.7. The second kappa shape index (κ2) is 7.26. The number of hydrogen-bond donors (Lipinski definition) is 2. The number of carbonyl (C=O) groups excluding carboxylic acids is 1. The zero-order valence-corrected chi connectivity index (χ0v) is 14.0. The lowest BCUT2D eigenvalue weighted by atomic mass is 10.3. The van der Waals surface area contributed by atoms with E-state index in [2.05, 4.69) is 5.32 Å². The standard InChI is InChI=1S/C13H12ClFN2O4S2/c14-10-5-8(15)1-3-11(10)21-7-12(18)17-6-9-2-4-13(22-9)23(16,19)20/h1-5H,6-7H2,(H,17,18)(H2,16,19,20). The average molecular weight is 379 g/mol. The van der Waals surface area contributed by atoms with Crippen molar-refractivity contribution in [3.63, 3.8) is 0 Å². The van der Waals surface area contributed by atoms with Crippen LogP contribution in [0.15, 0.2) is 34.5 Å². The van der Waals surface area contributed by atoms with Gasteiger partial charge in [-0.25, -0.2) is 17.9 Å². The predicted molar refractivity (Wildman–Crippen MR) is 84.4 cm³/mol. The molecule has 0 spiro atoms. The van der Waals surface area contributed by atoms with Crippen LogP contribution in [0.1, 0.15) is 4.88 Å². The van der Waals surface area contributed by atoms with E-state index in [1.54, 1.807) is 6.07 Å². The maximum atomic E-state index is 12.9. The number of nitrogens with one attached hydrogen (secondary N) is 1. The Morgan fingerprint density at radius 3 is 2.70 bits per heavy atom. The van der Waals surface area contributed by atoms with Crippen molar-refractivity contribution in [3.8, 4) is 5.75 Å². The monoisotopic (exact) mass is 378 g/mol. The van der Waals surface area contributed by atoms with E-state index in [1.807, 2.05) is 0 Å².